The van der Waals surface area contributed by atoms with E-state index in [2.05, 4.69) is 56.6 Å². The molecule has 5 rings (SSSR count). The van der Waals surface area contributed by atoms with Gasteiger partial charge in [-0.1, -0.05) is 43.3 Å². The van der Waals surface area contributed by atoms with E-state index in [1.54, 1.807) is 0 Å². The third-order valence-electron chi connectivity index (χ3n) is 7.43. The molecule has 0 saturated carbocycles. The van der Waals surface area contributed by atoms with Gasteiger partial charge in [-0.2, -0.15) is 5.11 Å². The van der Waals surface area contributed by atoms with Crippen molar-refractivity contribution in [1.82, 2.24) is 10.2 Å². The van der Waals surface area contributed by atoms with E-state index in [0.29, 0.717) is 29.7 Å². The minimum atomic E-state index is -4.02. The number of nitrogens with one attached hydrogen (secondary N) is 1. The number of sulfonamides is 1. The van der Waals surface area contributed by atoms with E-state index in [-0.39, 0.29) is 11.6 Å². The van der Waals surface area contributed by atoms with Crippen molar-refractivity contribution in [3.05, 3.63) is 53.1 Å². The molecule has 186 valence electrons. The minimum Gasteiger partial charge on any atom is -0.315 e. The van der Waals surface area contributed by atoms with Gasteiger partial charge in [0.15, 0.2) is 12.5 Å². The van der Waals surface area contributed by atoms with E-state index >= 15 is 0 Å². The van der Waals surface area contributed by atoms with Crippen molar-refractivity contribution in [3.63, 3.8) is 0 Å². The highest BCUT2D eigenvalue weighted by Gasteiger charge is 2.29. The summed E-state index contributed by atoms with van der Waals surface area (Å²) < 4.78 is 26.0. The summed E-state index contributed by atoms with van der Waals surface area (Å²) in [7, 11) is -4.02. The van der Waals surface area contributed by atoms with Gasteiger partial charge in [0.1, 0.15) is 0 Å². The first-order valence-electron chi connectivity index (χ1n) is 12.6. The average Bonchev–Trinajstić information content (AvgIpc) is 3.34. The maximum Gasteiger partial charge on any atom is 0.239 e. The smallest absolute Gasteiger partial charge is 0.239 e. The van der Waals surface area contributed by atoms with Crippen molar-refractivity contribution in [2.24, 2.45) is 26.3 Å². The molecule has 2 fully saturated rings. The molecule has 0 spiro atoms. The Morgan fingerprint density at radius 1 is 1.09 bits per heavy atom. The van der Waals surface area contributed by atoms with Crippen molar-refractivity contribution in [2.45, 2.75) is 43.4 Å². The summed E-state index contributed by atoms with van der Waals surface area (Å²) in [6, 6.07) is 12.3. The normalized spacial score (nSPS) is 19.7. The highest BCUT2D eigenvalue weighted by atomic mass is 32.2. The number of nitrogens with two attached hydrogens (primary N) is 1. The number of piperidine rings is 1. The van der Waals surface area contributed by atoms with E-state index in [0.717, 1.165) is 68.7 Å². The number of likely N-dealkylation sites (tertiary alicyclic amines) is 1. The molecule has 8 nitrogen and oxygen atoms in total. The largest absolute Gasteiger partial charge is 0.315 e. The fourth-order valence-corrected chi connectivity index (χ4v) is 6.44. The lowest BCUT2D eigenvalue weighted by atomic mass is 9.87. The number of hydrogen-bond donors (Lipinski definition) is 2. The monoisotopic (exact) mass is 494 g/mol. The molecule has 0 aromatic heterocycles. The number of azo groups is 1. The van der Waals surface area contributed by atoms with Gasteiger partial charge in [0, 0.05) is 24.6 Å². The third-order valence-corrected chi connectivity index (χ3v) is 8.46. The molecule has 0 aliphatic carbocycles. The van der Waals surface area contributed by atoms with Gasteiger partial charge in [0.05, 0.1) is 4.90 Å². The van der Waals surface area contributed by atoms with Crippen molar-refractivity contribution in [2.75, 3.05) is 39.4 Å². The maximum atomic E-state index is 13.0. The molecule has 3 aliphatic rings. The van der Waals surface area contributed by atoms with Crippen molar-refractivity contribution in [3.8, 4) is 11.1 Å². The molecule has 2 aromatic rings. The van der Waals surface area contributed by atoms with Crippen LogP contribution in [-0.2, 0) is 16.4 Å². The third kappa shape index (κ3) is 5.23. The fourth-order valence-electron chi connectivity index (χ4n) is 5.43. The standard InChI is InChI=1S/C26H34N6O2S/c1-2-11-32-12-9-18(10-13-32)14-21-7-8-23(20-5-3-19(4-6-20)22-15-28-16-22)24(25(21)35(27,33)34)26-29-17-30-31-26/h3-8,18,22,28H,2,9-17H2,1H3,(H2,27,33,34). The van der Waals surface area contributed by atoms with Crippen LogP contribution in [-0.4, -0.2) is 58.5 Å². The number of amidine groups is 1. The predicted molar refractivity (Wildman–Crippen MR) is 138 cm³/mol. The van der Waals surface area contributed by atoms with Crippen LogP contribution in [0, 0.1) is 5.92 Å². The number of hydrogen-bond acceptors (Lipinski definition) is 7. The molecule has 2 saturated heterocycles. The SMILES string of the molecule is CCCN1CCC(Cc2ccc(-c3ccc(C4CNC4)cc3)c(C3=NCN=N3)c2S(N)(=O)=O)CC1. The van der Waals surface area contributed by atoms with E-state index in [1.165, 1.54) is 5.56 Å². The number of aliphatic imine (C=N–C) groups is 1. The second kappa shape index (κ2) is 10.3. The van der Waals surface area contributed by atoms with Crippen molar-refractivity contribution >= 4 is 15.9 Å². The lowest BCUT2D eigenvalue weighted by Gasteiger charge is -2.32. The maximum absolute atomic E-state index is 13.0. The average molecular weight is 495 g/mol. The molecule has 2 aromatic carbocycles. The Balaban J connectivity index is 1.53. The van der Waals surface area contributed by atoms with Gasteiger partial charge < -0.3 is 10.2 Å². The summed E-state index contributed by atoms with van der Waals surface area (Å²) in [4.78, 5) is 7.04. The van der Waals surface area contributed by atoms with E-state index in [4.69, 9.17) is 5.14 Å². The second-order valence-electron chi connectivity index (χ2n) is 9.85. The van der Waals surface area contributed by atoms with E-state index < -0.39 is 10.0 Å². The Kier molecular flexibility index (Phi) is 7.11. The summed E-state index contributed by atoms with van der Waals surface area (Å²) in [6.45, 7) is 7.61. The minimum absolute atomic E-state index is 0.151. The van der Waals surface area contributed by atoms with Crippen molar-refractivity contribution in [1.29, 1.82) is 0 Å². The molecule has 0 radical (unpaired) electrons. The van der Waals surface area contributed by atoms with Gasteiger partial charge in [0.2, 0.25) is 10.0 Å². The second-order valence-corrected chi connectivity index (χ2v) is 11.4. The number of nitrogens with zero attached hydrogens (tertiary/aromatic N) is 4. The van der Waals surface area contributed by atoms with Crippen LogP contribution in [0.25, 0.3) is 11.1 Å². The van der Waals surface area contributed by atoms with Crippen LogP contribution >= 0.6 is 0 Å². The molecule has 9 heteroatoms. The summed E-state index contributed by atoms with van der Waals surface area (Å²) in [6.07, 6.45) is 3.94. The van der Waals surface area contributed by atoms with Crippen LogP contribution in [0.1, 0.15) is 48.8 Å². The fraction of sp³-hybridized carbons (Fsp3) is 0.500. The summed E-state index contributed by atoms with van der Waals surface area (Å²) in [5.74, 6) is 1.29. The molecule has 3 N–H and O–H groups in total. The molecule has 3 heterocycles. The molecule has 3 aliphatic heterocycles. The Morgan fingerprint density at radius 2 is 1.83 bits per heavy atom. The lowest BCUT2D eigenvalue weighted by Crippen LogP contribution is -2.39. The summed E-state index contributed by atoms with van der Waals surface area (Å²) in [5, 5.41) is 17.4. The van der Waals surface area contributed by atoms with Gasteiger partial charge in [-0.25, -0.2) is 18.5 Å². The molecule has 0 amide bonds. The Bertz CT molecular complexity index is 1230. The Hall–Kier alpha value is -2.46. The van der Waals surface area contributed by atoms with Crippen LogP contribution in [0.15, 0.2) is 56.5 Å². The highest BCUT2D eigenvalue weighted by Crippen LogP contribution is 2.36. The molecular formula is C26H34N6O2S. The first kappa shape index (κ1) is 24.2. The van der Waals surface area contributed by atoms with Gasteiger partial charge in [-0.3, -0.25) is 0 Å². The van der Waals surface area contributed by atoms with Crippen LogP contribution in [0.3, 0.4) is 0 Å². The van der Waals surface area contributed by atoms with Gasteiger partial charge in [-0.15, -0.1) is 5.11 Å². The topological polar surface area (TPSA) is 113 Å². The van der Waals surface area contributed by atoms with Gasteiger partial charge >= 0.3 is 0 Å². The molecule has 0 bridgehead atoms. The molecular weight excluding hydrogens is 460 g/mol. The van der Waals surface area contributed by atoms with Crippen LogP contribution in [0.5, 0.6) is 0 Å². The van der Waals surface area contributed by atoms with Crippen molar-refractivity contribution < 1.29 is 8.42 Å². The number of primary sulfonamides is 1. The van der Waals surface area contributed by atoms with Gasteiger partial charge in [-0.05, 0) is 73.5 Å². The Morgan fingerprint density at radius 3 is 2.40 bits per heavy atom. The summed E-state index contributed by atoms with van der Waals surface area (Å²) >= 11 is 0. The van der Waals surface area contributed by atoms with E-state index in [9.17, 15) is 8.42 Å². The molecule has 35 heavy (non-hydrogen) atoms. The zero-order chi connectivity index (χ0) is 24.4. The first-order valence-corrected chi connectivity index (χ1v) is 14.1. The molecule has 0 unspecified atom stereocenters. The Labute approximate surface area is 207 Å². The molecule has 0 atom stereocenters. The lowest BCUT2D eigenvalue weighted by molar-refractivity contribution is 0.184. The van der Waals surface area contributed by atoms with Gasteiger partial charge in [0.25, 0.3) is 0 Å². The van der Waals surface area contributed by atoms with E-state index in [1.807, 2.05) is 12.1 Å². The number of benzene rings is 2. The highest BCUT2D eigenvalue weighted by molar-refractivity contribution is 7.89. The van der Waals surface area contributed by atoms with Crippen LogP contribution < -0.4 is 10.5 Å². The zero-order valence-electron chi connectivity index (χ0n) is 20.3. The quantitative estimate of drug-likeness (QED) is 0.585. The zero-order valence-corrected chi connectivity index (χ0v) is 21.1. The number of rotatable bonds is 8. The van der Waals surface area contributed by atoms with Crippen LogP contribution in [0.2, 0.25) is 0 Å². The summed E-state index contributed by atoms with van der Waals surface area (Å²) in [5.41, 5.74) is 4.21. The predicted octanol–water partition coefficient (Wildman–Crippen LogP) is 3.52. The van der Waals surface area contributed by atoms with Crippen LogP contribution in [0.4, 0.5) is 0 Å². The first-order chi connectivity index (χ1) is 16.9.